The molecule has 0 radical (unpaired) electrons. The number of aromatic nitrogens is 4. The molecule has 676 valence electrons. The lowest BCUT2D eigenvalue weighted by atomic mass is 9.74. The zero-order valence-corrected chi connectivity index (χ0v) is 77.1. The SMILES string of the molecule is CC(=O)c1cn(CCCN2CCC3(CC2)CC(=O)c2ccccc2O3)c2c(Cl)cccc12.CCc1cccc2c(C(C)=O)cn(CCCN3CCC4(CC3)CC(=O)c3ccccc3O4)c12.COc1cccc2c(C(C)=O)cn(CC(C)CN3CCC4(CC3)CC(=O)c3ccccc3O4)c12.COc1cccc2c(C(C)=O)cn(CCCN3CCC(C#N)(c4ccccc4)CC3)c12. The first-order chi connectivity index (χ1) is 62.9. The lowest BCUT2D eigenvalue weighted by molar-refractivity contribution is -0.0120. The Bertz CT molecular complexity index is 6230. The van der Waals surface area contributed by atoms with Crippen LogP contribution in [0.2, 0.25) is 5.02 Å². The number of nitriles is 1. The predicted octanol–water partition coefficient (Wildman–Crippen LogP) is 20.5. The number of nitrogens with zero attached hydrogens (tertiary/aromatic N) is 9. The molecule has 4 aromatic heterocycles. The summed E-state index contributed by atoms with van der Waals surface area (Å²) < 4.78 is 39.0. The van der Waals surface area contributed by atoms with E-state index in [-0.39, 0.29) is 62.7 Å². The average Bonchev–Trinajstić information content (AvgIpc) is 1.76. The summed E-state index contributed by atoms with van der Waals surface area (Å²) >= 11 is 6.45. The number of para-hydroxylation sites is 7. The molecule has 4 saturated heterocycles. The van der Waals surface area contributed by atoms with Crippen LogP contribution in [0, 0.1) is 17.2 Å². The molecule has 0 bridgehead atoms. The molecule has 7 aliphatic rings. The van der Waals surface area contributed by atoms with Gasteiger partial charge < -0.3 is 61.6 Å². The van der Waals surface area contributed by atoms with E-state index in [4.69, 9.17) is 35.3 Å². The fourth-order valence-electron chi connectivity index (χ4n) is 21.1. The van der Waals surface area contributed by atoms with Crippen LogP contribution in [0.4, 0.5) is 0 Å². The zero-order chi connectivity index (χ0) is 91.0. The summed E-state index contributed by atoms with van der Waals surface area (Å²) in [5, 5.41) is 14.5. The maximum atomic E-state index is 12.7. The topological polar surface area (TPSA) is 222 Å². The molecule has 3 spiro atoms. The highest BCUT2D eigenvalue weighted by Crippen LogP contribution is 2.45. The van der Waals surface area contributed by atoms with Crippen molar-refractivity contribution < 1.29 is 57.2 Å². The van der Waals surface area contributed by atoms with Crippen LogP contribution in [-0.4, -0.2) is 188 Å². The highest BCUT2D eigenvalue weighted by atomic mass is 35.5. The first kappa shape index (κ1) is 91.5. The van der Waals surface area contributed by atoms with Crippen LogP contribution in [0.1, 0.15) is 215 Å². The summed E-state index contributed by atoms with van der Waals surface area (Å²) in [5.74, 6) is 5.08. The van der Waals surface area contributed by atoms with Gasteiger partial charge in [0.05, 0.1) is 88.7 Å². The summed E-state index contributed by atoms with van der Waals surface area (Å²) in [4.78, 5) is 96.4. The third-order valence-electron chi connectivity index (χ3n) is 28.1. The molecule has 21 nitrogen and oxygen atoms in total. The second-order valence-corrected chi connectivity index (χ2v) is 37.2. The van der Waals surface area contributed by atoms with Crippen molar-refractivity contribution in [1.29, 1.82) is 5.26 Å². The van der Waals surface area contributed by atoms with Gasteiger partial charge in [-0.25, -0.2) is 0 Å². The van der Waals surface area contributed by atoms with E-state index in [9.17, 15) is 38.8 Å². The van der Waals surface area contributed by atoms with Crippen LogP contribution in [-0.2, 0) is 38.0 Å². The van der Waals surface area contributed by atoms with Gasteiger partial charge in [0.1, 0.15) is 45.6 Å². The Balaban J connectivity index is 0.000000127. The summed E-state index contributed by atoms with van der Waals surface area (Å²) in [5.41, 5.74) is 10.3. The molecule has 8 aromatic carbocycles. The van der Waals surface area contributed by atoms with Gasteiger partial charge in [0.15, 0.2) is 40.5 Å². The van der Waals surface area contributed by atoms with Crippen LogP contribution in [0.15, 0.2) is 201 Å². The molecule has 0 N–H and O–H groups in total. The van der Waals surface area contributed by atoms with Gasteiger partial charge >= 0.3 is 0 Å². The van der Waals surface area contributed by atoms with Crippen LogP contribution in [0.5, 0.6) is 28.7 Å². The number of methoxy groups -OCH3 is 2. The molecule has 0 saturated carbocycles. The van der Waals surface area contributed by atoms with E-state index in [1.54, 1.807) is 41.9 Å². The molecular weight excluding hydrogens is 1650 g/mol. The summed E-state index contributed by atoms with van der Waals surface area (Å²) in [7, 11) is 3.34. The van der Waals surface area contributed by atoms with Gasteiger partial charge in [-0.2, -0.15) is 5.26 Å². The van der Waals surface area contributed by atoms with Crippen molar-refractivity contribution in [2.75, 3.05) is 92.8 Å². The molecule has 0 aliphatic carbocycles. The van der Waals surface area contributed by atoms with E-state index >= 15 is 0 Å². The van der Waals surface area contributed by atoms with Gasteiger partial charge in [-0.15, -0.1) is 0 Å². The third-order valence-corrected chi connectivity index (χ3v) is 28.4. The van der Waals surface area contributed by atoms with Crippen molar-refractivity contribution in [3.8, 4) is 34.8 Å². The molecular formula is C108H120ClN9O12. The monoisotopic (exact) mass is 1770 g/mol. The molecule has 12 aromatic rings. The van der Waals surface area contributed by atoms with Crippen molar-refractivity contribution >= 4 is 95.7 Å². The molecule has 4 fully saturated rings. The fraction of sp³-hybridized carbons (Fsp3) is 0.407. The number of piperidine rings is 4. The molecule has 1 atom stereocenters. The number of carbonyl (C=O) groups is 7. The Labute approximate surface area is 767 Å². The van der Waals surface area contributed by atoms with Crippen molar-refractivity contribution in [1.82, 2.24) is 37.9 Å². The second-order valence-electron chi connectivity index (χ2n) is 36.8. The van der Waals surface area contributed by atoms with Crippen molar-refractivity contribution in [3.05, 3.63) is 256 Å². The number of halogens is 1. The quantitative estimate of drug-likeness (QED) is 0.0513. The number of fused-ring (bicyclic) bond motifs is 7. The number of ketones is 7. The number of benzene rings is 8. The Morgan fingerprint density at radius 3 is 1.14 bits per heavy atom. The van der Waals surface area contributed by atoms with Crippen LogP contribution in [0.25, 0.3) is 43.6 Å². The second kappa shape index (κ2) is 39.9. The summed E-state index contributed by atoms with van der Waals surface area (Å²) in [6, 6.07) is 59.3. The highest BCUT2D eigenvalue weighted by Gasteiger charge is 2.46. The minimum absolute atomic E-state index is 0.0564. The maximum absolute atomic E-state index is 12.7. The van der Waals surface area contributed by atoms with Crippen LogP contribution in [0.3, 0.4) is 0 Å². The largest absolute Gasteiger partial charge is 0.495 e. The molecule has 1 unspecified atom stereocenters. The lowest BCUT2D eigenvalue weighted by Gasteiger charge is -2.44. The van der Waals surface area contributed by atoms with E-state index in [0.717, 1.165) is 282 Å². The third kappa shape index (κ3) is 19.7. The number of ether oxygens (including phenoxy) is 5. The van der Waals surface area contributed by atoms with E-state index < -0.39 is 0 Å². The van der Waals surface area contributed by atoms with Crippen molar-refractivity contribution in [3.63, 3.8) is 0 Å². The maximum Gasteiger partial charge on any atom is 0.170 e. The molecule has 0 amide bonds. The van der Waals surface area contributed by atoms with Crippen molar-refractivity contribution in [2.45, 2.75) is 186 Å². The molecule has 11 heterocycles. The zero-order valence-electron chi connectivity index (χ0n) is 76.4. The van der Waals surface area contributed by atoms with Gasteiger partial charge in [-0.3, -0.25) is 33.6 Å². The number of aryl methyl sites for hydroxylation is 4. The first-order valence-electron chi connectivity index (χ1n) is 46.5. The van der Waals surface area contributed by atoms with E-state index in [0.29, 0.717) is 41.3 Å². The summed E-state index contributed by atoms with van der Waals surface area (Å²) in [6.07, 6.45) is 20.2. The van der Waals surface area contributed by atoms with Gasteiger partial charge in [0.25, 0.3) is 0 Å². The minimum Gasteiger partial charge on any atom is -0.495 e. The molecule has 19 rings (SSSR count). The van der Waals surface area contributed by atoms with Gasteiger partial charge in [-0.1, -0.05) is 147 Å². The standard InChI is InChI=1S/C28H32N2O4.C28H32N2O3.C26H27ClN2O3.C26H29N3O2/c1-19(17-30-18-23(20(2)31)21-8-6-10-26(33-3)27(21)30)16-29-13-11-28(12-14-29)15-24(32)22-7-4-5-9-25(22)34-28;1-3-21-8-6-10-22-24(20(2)31)19-30(27(21)22)15-7-14-29-16-12-28(13-17-29)18-25(32)23-9-4-5-11-26(23)33-28;1-18(30)21-17-29(25-19(21)7-4-8-22(25)27)13-5-12-28-14-10-26(11-15-28)16-23(31)20-6-2-3-9-24(20)32-26;1-20(30)23-18-29(25-22(23)10-6-11-24(25)31-2)15-7-14-28-16-12-26(19-27,13-17-28)21-8-4-3-5-9-21/h4-10,18-19H,11-17H2,1-3H3;4-6,8-11,19H,3,7,12-18H2,1-2H3;2-4,6-9,17H,5,10-16H2,1H3;3-6,8-11,18H,7,12-17H2,1-2H3. The normalized spacial score (nSPS) is 17.6. The average molecular weight is 1770 g/mol. The Hall–Kier alpha value is -11.8. The minimum atomic E-state index is -0.369. The molecule has 22 heteroatoms. The number of hydrogen-bond acceptors (Lipinski definition) is 17. The molecule has 7 aliphatic heterocycles. The number of rotatable bonds is 24. The van der Waals surface area contributed by atoms with Gasteiger partial charge in [0.2, 0.25) is 0 Å². The Kier molecular flexibility index (Phi) is 28.1. The number of likely N-dealkylation sites (tertiary alicyclic amines) is 4. The van der Waals surface area contributed by atoms with Gasteiger partial charge in [-0.05, 0) is 171 Å². The first-order valence-corrected chi connectivity index (χ1v) is 46.8. The van der Waals surface area contributed by atoms with E-state index in [1.807, 2.05) is 170 Å². The number of Topliss-reactive ketones (excluding diaryl/α,β-unsaturated/α-hetero) is 7. The van der Waals surface area contributed by atoms with E-state index in [2.05, 4.69) is 88.1 Å². The van der Waals surface area contributed by atoms with E-state index in [1.165, 1.54) is 11.1 Å². The lowest BCUT2D eigenvalue weighted by Crippen LogP contribution is -2.51. The van der Waals surface area contributed by atoms with Crippen molar-refractivity contribution in [2.24, 2.45) is 5.92 Å². The number of hydrogen-bond donors (Lipinski definition) is 0. The highest BCUT2D eigenvalue weighted by molar-refractivity contribution is 6.35. The number of carbonyl (C=O) groups excluding carboxylic acids is 7. The van der Waals surface area contributed by atoms with Crippen LogP contribution < -0.4 is 23.7 Å². The summed E-state index contributed by atoms with van der Waals surface area (Å²) in [6.45, 7) is 25.5. The Morgan fingerprint density at radius 2 is 0.738 bits per heavy atom. The Morgan fingerprint density at radius 1 is 0.400 bits per heavy atom. The predicted molar refractivity (Wildman–Crippen MR) is 511 cm³/mol. The van der Waals surface area contributed by atoms with Gasteiger partial charge in [0, 0.05) is 179 Å². The van der Waals surface area contributed by atoms with Crippen LogP contribution >= 0.6 is 11.6 Å². The fourth-order valence-corrected chi connectivity index (χ4v) is 21.4. The molecule has 130 heavy (non-hydrogen) atoms. The smallest absolute Gasteiger partial charge is 0.170 e.